The lowest BCUT2D eigenvalue weighted by Crippen LogP contribution is -2.12. The zero-order valence-electron chi connectivity index (χ0n) is 18.2. The second kappa shape index (κ2) is 9.48. The fraction of sp³-hybridized carbons (Fsp3) is 0.261. The van der Waals surface area contributed by atoms with Crippen LogP contribution in [0.1, 0.15) is 41.5 Å². The van der Waals surface area contributed by atoms with E-state index in [1.165, 1.54) is 44.8 Å². The number of ether oxygens (including phenoxy) is 2. The smallest absolute Gasteiger partial charge is 0.340 e. The monoisotopic (exact) mass is 461 g/mol. The molecule has 32 heavy (non-hydrogen) atoms. The minimum absolute atomic E-state index is 0.0257. The highest BCUT2D eigenvalue weighted by molar-refractivity contribution is 6.34. The van der Waals surface area contributed by atoms with Gasteiger partial charge in [-0.1, -0.05) is 31.5 Å². The van der Waals surface area contributed by atoms with Crippen molar-refractivity contribution >= 4 is 28.9 Å². The molecule has 3 aromatic rings. The zero-order valence-corrected chi connectivity index (χ0v) is 19.0. The van der Waals surface area contributed by atoms with Gasteiger partial charge in [0.1, 0.15) is 17.9 Å². The van der Waals surface area contributed by atoms with E-state index in [0.29, 0.717) is 17.1 Å². The number of carbonyl (C=O) groups excluding carboxylic acids is 1. The number of hydrogen-bond donors (Lipinski definition) is 1. The second-order valence-corrected chi connectivity index (χ2v) is 7.68. The number of hydrogen-bond acceptors (Lipinski definition) is 6. The van der Waals surface area contributed by atoms with Crippen LogP contribution in [-0.4, -0.2) is 30.2 Å². The van der Waals surface area contributed by atoms with Gasteiger partial charge >= 0.3 is 5.97 Å². The Bertz CT molecular complexity index is 1190. The predicted octanol–water partition coefficient (Wildman–Crippen LogP) is 6.05. The van der Waals surface area contributed by atoms with Crippen molar-refractivity contribution in [3.63, 3.8) is 0 Å². The molecule has 168 valence electrons. The predicted molar refractivity (Wildman–Crippen MR) is 119 cm³/mol. The van der Waals surface area contributed by atoms with Crippen LogP contribution in [0.2, 0.25) is 5.02 Å². The molecule has 0 saturated carbocycles. The van der Waals surface area contributed by atoms with Gasteiger partial charge in [0.2, 0.25) is 0 Å². The van der Waals surface area contributed by atoms with E-state index in [0.717, 1.165) is 0 Å². The maximum atomic E-state index is 16.0. The van der Waals surface area contributed by atoms with Crippen molar-refractivity contribution in [2.24, 2.45) is 0 Å². The molecule has 1 aromatic heterocycles. The van der Waals surface area contributed by atoms with E-state index < -0.39 is 17.6 Å². The maximum Gasteiger partial charge on any atom is 0.340 e. The largest absolute Gasteiger partial charge is 0.496 e. The fourth-order valence-electron chi connectivity index (χ4n) is 3.37. The lowest BCUT2D eigenvalue weighted by Gasteiger charge is -2.20. The normalized spacial score (nSPS) is 10.9. The SMILES string of the molecule is COC(=O)c1cc(Cl)c(-c2c(F)cccc2OC)c(F)c1Nc1c(C)ncnc1C(C)C. The number of halogens is 3. The van der Waals surface area contributed by atoms with Gasteiger partial charge in [0.25, 0.3) is 0 Å². The number of nitrogens with one attached hydrogen (secondary N) is 1. The first-order valence-electron chi connectivity index (χ1n) is 9.72. The van der Waals surface area contributed by atoms with Gasteiger partial charge in [0.05, 0.1) is 53.1 Å². The summed E-state index contributed by atoms with van der Waals surface area (Å²) in [5.74, 6) is -2.43. The summed E-state index contributed by atoms with van der Waals surface area (Å²) >= 11 is 6.34. The molecule has 0 atom stereocenters. The van der Waals surface area contributed by atoms with Crippen LogP contribution in [0.5, 0.6) is 5.75 Å². The van der Waals surface area contributed by atoms with Gasteiger partial charge in [0, 0.05) is 5.56 Å². The van der Waals surface area contributed by atoms with Crippen LogP contribution in [0.3, 0.4) is 0 Å². The van der Waals surface area contributed by atoms with E-state index in [4.69, 9.17) is 21.1 Å². The third kappa shape index (κ3) is 4.23. The van der Waals surface area contributed by atoms with Crippen molar-refractivity contribution in [3.05, 3.63) is 64.2 Å². The summed E-state index contributed by atoms with van der Waals surface area (Å²) < 4.78 is 40.8. The van der Waals surface area contributed by atoms with Gasteiger partial charge in [-0.15, -0.1) is 0 Å². The molecule has 0 saturated heterocycles. The Hall–Kier alpha value is -3.26. The third-order valence-electron chi connectivity index (χ3n) is 4.93. The first-order chi connectivity index (χ1) is 15.2. The molecule has 3 rings (SSSR count). The maximum absolute atomic E-state index is 16.0. The van der Waals surface area contributed by atoms with Crippen LogP contribution < -0.4 is 10.1 Å². The number of rotatable bonds is 6. The number of nitrogens with zero attached hydrogens (tertiary/aromatic N) is 2. The number of aryl methyl sites for hydroxylation is 1. The molecule has 0 aliphatic carbocycles. The number of anilines is 2. The van der Waals surface area contributed by atoms with Gasteiger partial charge in [-0.25, -0.2) is 23.5 Å². The van der Waals surface area contributed by atoms with E-state index in [2.05, 4.69) is 15.3 Å². The Morgan fingerprint density at radius 3 is 2.47 bits per heavy atom. The van der Waals surface area contributed by atoms with E-state index in [1.807, 2.05) is 13.8 Å². The van der Waals surface area contributed by atoms with E-state index in [-0.39, 0.29) is 39.1 Å². The quantitative estimate of drug-likeness (QED) is 0.451. The summed E-state index contributed by atoms with van der Waals surface area (Å²) in [5.41, 5.74) is 0.778. The Kier molecular flexibility index (Phi) is 6.93. The van der Waals surface area contributed by atoms with Gasteiger partial charge in [0.15, 0.2) is 5.82 Å². The van der Waals surface area contributed by atoms with Crippen molar-refractivity contribution in [1.29, 1.82) is 0 Å². The van der Waals surface area contributed by atoms with E-state index >= 15 is 4.39 Å². The van der Waals surface area contributed by atoms with Crippen molar-refractivity contribution < 1.29 is 23.0 Å². The minimum atomic E-state index is -0.945. The molecule has 1 N–H and O–H groups in total. The average Bonchev–Trinajstić information content (AvgIpc) is 2.76. The molecule has 0 bridgehead atoms. The number of benzene rings is 2. The van der Waals surface area contributed by atoms with Crippen molar-refractivity contribution in [3.8, 4) is 16.9 Å². The zero-order chi connectivity index (χ0) is 23.6. The Morgan fingerprint density at radius 2 is 1.84 bits per heavy atom. The van der Waals surface area contributed by atoms with Crippen LogP contribution in [0.4, 0.5) is 20.2 Å². The molecule has 6 nitrogen and oxygen atoms in total. The summed E-state index contributed by atoms with van der Waals surface area (Å²) in [6.07, 6.45) is 1.41. The highest BCUT2D eigenvalue weighted by Gasteiger charge is 2.28. The summed E-state index contributed by atoms with van der Waals surface area (Å²) in [5, 5.41) is 2.77. The van der Waals surface area contributed by atoms with Crippen LogP contribution >= 0.6 is 11.6 Å². The molecule has 2 aromatic carbocycles. The summed E-state index contributed by atoms with van der Waals surface area (Å²) in [7, 11) is 2.51. The van der Waals surface area contributed by atoms with Crippen LogP contribution in [-0.2, 0) is 4.74 Å². The molecule has 0 unspecified atom stereocenters. The van der Waals surface area contributed by atoms with Crippen molar-refractivity contribution in [2.75, 3.05) is 19.5 Å². The molecule has 0 aliphatic heterocycles. The lowest BCUT2D eigenvalue weighted by atomic mass is 9.98. The van der Waals surface area contributed by atoms with Crippen LogP contribution in [0.25, 0.3) is 11.1 Å². The number of aromatic nitrogens is 2. The number of carbonyl (C=O) groups is 1. The molecule has 0 aliphatic rings. The first kappa shape index (κ1) is 23.4. The van der Waals surface area contributed by atoms with Crippen LogP contribution in [0, 0.1) is 18.6 Å². The standard InChI is InChI=1S/C23H22ClF2N3O3/c1-11(2)20-21(12(3)27-10-28-20)29-22-13(23(30)32-5)9-14(24)17(19(22)26)18-15(25)7-6-8-16(18)31-4/h6-11,29H,1-5H3. The van der Waals surface area contributed by atoms with Crippen molar-refractivity contribution in [1.82, 2.24) is 9.97 Å². The Morgan fingerprint density at radius 1 is 1.12 bits per heavy atom. The summed E-state index contributed by atoms with van der Waals surface area (Å²) in [4.78, 5) is 20.9. The molecular weight excluding hydrogens is 440 g/mol. The topological polar surface area (TPSA) is 73.3 Å². The van der Waals surface area contributed by atoms with E-state index in [9.17, 15) is 9.18 Å². The molecule has 0 fully saturated rings. The molecular formula is C23H22ClF2N3O3. The number of methoxy groups -OCH3 is 2. The summed E-state index contributed by atoms with van der Waals surface area (Å²) in [6.45, 7) is 5.56. The van der Waals surface area contributed by atoms with E-state index in [1.54, 1.807) is 6.92 Å². The highest BCUT2D eigenvalue weighted by Crippen LogP contribution is 2.43. The van der Waals surface area contributed by atoms with Gasteiger partial charge in [-0.05, 0) is 31.0 Å². The summed E-state index contributed by atoms with van der Waals surface area (Å²) in [6, 6.07) is 5.32. The molecule has 9 heteroatoms. The van der Waals surface area contributed by atoms with Gasteiger partial charge in [-0.2, -0.15) is 0 Å². The van der Waals surface area contributed by atoms with Crippen molar-refractivity contribution in [2.45, 2.75) is 26.7 Å². The Labute approximate surface area is 189 Å². The lowest BCUT2D eigenvalue weighted by molar-refractivity contribution is 0.0601. The fourth-order valence-corrected chi connectivity index (χ4v) is 3.65. The molecule has 0 radical (unpaired) electrons. The molecule has 0 amide bonds. The molecule has 1 heterocycles. The second-order valence-electron chi connectivity index (χ2n) is 7.28. The van der Waals surface area contributed by atoms with Gasteiger partial charge in [-0.3, -0.25) is 0 Å². The minimum Gasteiger partial charge on any atom is -0.496 e. The highest BCUT2D eigenvalue weighted by atomic mass is 35.5. The molecule has 0 spiro atoms. The average molecular weight is 462 g/mol. The third-order valence-corrected chi connectivity index (χ3v) is 5.23. The van der Waals surface area contributed by atoms with Crippen LogP contribution in [0.15, 0.2) is 30.6 Å². The first-order valence-corrected chi connectivity index (χ1v) is 10.1. The Balaban J connectivity index is 2.34. The van der Waals surface area contributed by atoms with Gasteiger partial charge < -0.3 is 14.8 Å². The number of esters is 1.